The molecule has 0 unspecified atom stereocenters. The van der Waals surface area contributed by atoms with Gasteiger partial charge in [-0.25, -0.2) is 4.98 Å². The van der Waals surface area contributed by atoms with Crippen molar-refractivity contribution in [1.82, 2.24) is 4.98 Å². The van der Waals surface area contributed by atoms with Gasteiger partial charge < -0.3 is 4.74 Å². The van der Waals surface area contributed by atoms with Crippen LogP contribution in [0, 0.1) is 0 Å². The van der Waals surface area contributed by atoms with E-state index in [1.54, 1.807) is 12.3 Å². The minimum atomic E-state index is -0.383. The Bertz CT molecular complexity index is 461. The van der Waals surface area contributed by atoms with E-state index in [1.165, 1.54) is 0 Å². The highest BCUT2D eigenvalue weighted by Gasteiger charge is 2.15. The van der Waals surface area contributed by atoms with Crippen molar-refractivity contribution in [3.8, 4) is 0 Å². The van der Waals surface area contributed by atoms with Crippen LogP contribution in [0.25, 0.3) is 6.08 Å². The van der Waals surface area contributed by atoms with Crippen LogP contribution in [0.4, 0.5) is 0 Å². The van der Waals surface area contributed by atoms with Crippen LogP contribution in [0.2, 0.25) is 5.15 Å². The summed E-state index contributed by atoms with van der Waals surface area (Å²) in [5.74, 6) is -0.106. The molecule has 1 aromatic heterocycles. The molecule has 0 amide bonds. The SMILES string of the molecule is CC(C)(C)OC(=O)CCCCC/C=C/c1ccc(Cl)nc1. The first-order valence-corrected chi connectivity index (χ1v) is 7.74. The van der Waals surface area contributed by atoms with E-state index in [0.717, 1.165) is 31.2 Å². The molecule has 0 saturated carbocycles. The molecule has 4 heteroatoms. The zero-order valence-corrected chi connectivity index (χ0v) is 13.8. The number of allylic oxidation sites excluding steroid dienone is 1. The minimum absolute atomic E-state index is 0.106. The zero-order chi connectivity index (χ0) is 15.7. The summed E-state index contributed by atoms with van der Waals surface area (Å²) in [4.78, 5) is 15.5. The second kappa shape index (κ2) is 8.83. The zero-order valence-electron chi connectivity index (χ0n) is 13.1. The van der Waals surface area contributed by atoms with Gasteiger partial charge in [0.05, 0.1) is 0 Å². The molecule has 3 nitrogen and oxygen atoms in total. The molecule has 0 atom stereocenters. The lowest BCUT2D eigenvalue weighted by atomic mass is 10.1. The summed E-state index contributed by atoms with van der Waals surface area (Å²) in [5, 5.41) is 0.509. The Morgan fingerprint density at radius 3 is 2.67 bits per heavy atom. The summed E-state index contributed by atoms with van der Waals surface area (Å²) < 4.78 is 5.26. The van der Waals surface area contributed by atoms with Crippen molar-refractivity contribution in [2.45, 2.75) is 58.5 Å². The number of ether oxygens (including phenoxy) is 1. The first-order chi connectivity index (χ1) is 9.87. The fourth-order valence-corrected chi connectivity index (χ4v) is 1.92. The average molecular weight is 310 g/mol. The van der Waals surface area contributed by atoms with Crippen LogP contribution in [-0.4, -0.2) is 16.6 Å². The van der Waals surface area contributed by atoms with Gasteiger partial charge in [-0.3, -0.25) is 4.79 Å². The molecule has 1 heterocycles. The van der Waals surface area contributed by atoms with Gasteiger partial charge in [-0.1, -0.05) is 36.2 Å². The maximum absolute atomic E-state index is 11.5. The number of rotatable bonds is 7. The second-order valence-electron chi connectivity index (χ2n) is 6.00. The number of esters is 1. The van der Waals surface area contributed by atoms with Gasteiger partial charge in [0.15, 0.2) is 0 Å². The monoisotopic (exact) mass is 309 g/mol. The van der Waals surface area contributed by atoms with E-state index in [9.17, 15) is 4.79 Å². The average Bonchev–Trinajstić information content (AvgIpc) is 2.37. The van der Waals surface area contributed by atoms with E-state index < -0.39 is 0 Å². The van der Waals surface area contributed by atoms with Crippen molar-refractivity contribution in [2.75, 3.05) is 0 Å². The third kappa shape index (κ3) is 9.24. The quantitative estimate of drug-likeness (QED) is 0.402. The fourth-order valence-electron chi connectivity index (χ4n) is 1.81. The molecule has 0 aliphatic heterocycles. The lowest BCUT2D eigenvalue weighted by Gasteiger charge is -2.19. The van der Waals surface area contributed by atoms with Crippen LogP contribution in [-0.2, 0) is 9.53 Å². The predicted octanol–water partition coefficient (Wildman–Crippen LogP) is 5.04. The molecule has 0 saturated heterocycles. The molecule has 0 aliphatic carbocycles. The molecular formula is C17H24ClNO2. The smallest absolute Gasteiger partial charge is 0.306 e. The number of carbonyl (C=O) groups is 1. The van der Waals surface area contributed by atoms with Gasteiger partial charge in [-0.15, -0.1) is 0 Å². The largest absolute Gasteiger partial charge is 0.460 e. The summed E-state index contributed by atoms with van der Waals surface area (Å²) in [5.41, 5.74) is 0.667. The number of halogens is 1. The molecule has 0 spiro atoms. The maximum atomic E-state index is 11.5. The molecule has 0 aliphatic rings. The number of carbonyl (C=O) groups excluding carboxylic acids is 1. The van der Waals surface area contributed by atoms with Crippen molar-refractivity contribution in [3.05, 3.63) is 35.1 Å². The van der Waals surface area contributed by atoms with Gasteiger partial charge in [0.1, 0.15) is 10.8 Å². The number of pyridine rings is 1. The highest BCUT2D eigenvalue weighted by atomic mass is 35.5. The molecule has 1 rings (SSSR count). The minimum Gasteiger partial charge on any atom is -0.460 e. The molecule has 0 fully saturated rings. The van der Waals surface area contributed by atoms with Gasteiger partial charge in [-0.05, 0) is 51.7 Å². The molecule has 116 valence electrons. The van der Waals surface area contributed by atoms with Gasteiger partial charge in [0.25, 0.3) is 0 Å². The molecule has 21 heavy (non-hydrogen) atoms. The molecule has 0 N–H and O–H groups in total. The third-order valence-corrected chi connectivity index (χ3v) is 2.96. The van der Waals surface area contributed by atoms with Crippen molar-refractivity contribution in [3.63, 3.8) is 0 Å². The topological polar surface area (TPSA) is 39.2 Å². The number of hydrogen-bond donors (Lipinski definition) is 0. The summed E-state index contributed by atoms with van der Waals surface area (Å²) in [6, 6.07) is 3.72. The van der Waals surface area contributed by atoms with Gasteiger partial charge >= 0.3 is 5.97 Å². The van der Waals surface area contributed by atoms with Crippen LogP contribution in [0.3, 0.4) is 0 Å². The van der Waals surface area contributed by atoms with Gasteiger partial charge in [0, 0.05) is 12.6 Å². The Hall–Kier alpha value is -1.35. The standard InChI is InChI=1S/C17H24ClNO2/c1-17(2,3)21-16(20)10-8-6-4-5-7-9-14-11-12-15(18)19-13-14/h7,9,11-13H,4-6,8,10H2,1-3H3/b9-7+. The van der Waals surface area contributed by atoms with E-state index in [-0.39, 0.29) is 11.6 Å². The van der Waals surface area contributed by atoms with Crippen LogP contribution < -0.4 is 0 Å². The number of nitrogens with zero attached hydrogens (tertiary/aromatic N) is 1. The van der Waals surface area contributed by atoms with Crippen molar-refractivity contribution in [1.29, 1.82) is 0 Å². The summed E-state index contributed by atoms with van der Waals surface area (Å²) in [6.45, 7) is 5.67. The Balaban J connectivity index is 2.09. The van der Waals surface area contributed by atoms with Crippen molar-refractivity contribution >= 4 is 23.6 Å². The van der Waals surface area contributed by atoms with Gasteiger partial charge in [-0.2, -0.15) is 0 Å². The summed E-state index contributed by atoms with van der Waals surface area (Å²) in [7, 11) is 0. The Morgan fingerprint density at radius 1 is 1.29 bits per heavy atom. The number of hydrogen-bond acceptors (Lipinski definition) is 3. The van der Waals surface area contributed by atoms with E-state index >= 15 is 0 Å². The van der Waals surface area contributed by atoms with Gasteiger partial charge in [0.2, 0.25) is 0 Å². The summed E-state index contributed by atoms with van der Waals surface area (Å²) >= 11 is 5.72. The number of unbranched alkanes of at least 4 members (excludes halogenated alkanes) is 3. The molecule has 0 bridgehead atoms. The molecule has 1 aromatic rings. The lowest BCUT2D eigenvalue weighted by molar-refractivity contribution is -0.154. The predicted molar refractivity (Wildman–Crippen MR) is 87.2 cm³/mol. The van der Waals surface area contributed by atoms with Crippen LogP contribution >= 0.6 is 11.6 Å². The van der Waals surface area contributed by atoms with Crippen LogP contribution in [0.15, 0.2) is 24.4 Å². The van der Waals surface area contributed by atoms with E-state index in [4.69, 9.17) is 16.3 Å². The normalized spacial score (nSPS) is 11.8. The molecular weight excluding hydrogens is 286 g/mol. The van der Waals surface area contributed by atoms with E-state index in [2.05, 4.69) is 11.1 Å². The van der Waals surface area contributed by atoms with Crippen molar-refractivity contribution in [2.24, 2.45) is 0 Å². The van der Waals surface area contributed by atoms with Crippen LogP contribution in [0.1, 0.15) is 58.4 Å². The molecule has 0 aromatic carbocycles. The highest BCUT2D eigenvalue weighted by Crippen LogP contribution is 2.12. The Kier molecular flexibility index (Phi) is 7.44. The fraction of sp³-hybridized carbons (Fsp3) is 0.529. The first-order valence-electron chi connectivity index (χ1n) is 7.37. The van der Waals surface area contributed by atoms with Crippen molar-refractivity contribution < 1.29 is 9.53 Å². The Morgan fingerprint density at radius 2 is 2.05 bits per heavy atom. The summed E-state index contributed by atoms with van der Waals surface area (Å²) in [6.07, 6.45) is 10.4. The lowest BCUT2D eigenvalue weighted by Crippen LogP contribution is -2.23. The highest BCUT2D eigenvalue weighted by molar-refractivity contribution is 6.29. The first kappa shape index (κ1) is 17.7. The van der Waals surface area contributed by atoms with Crippen LogP contribution in [0.5, 0.6) is 0 Å². The number of aromatic nitrogens is 1. The third-order valence-electron chi connectivity index (χ3n) is 2.73. The van der Waals surface area contributed by atoms with E-state index in [1.807, 2.05) is 32.9 Å². The maximum Gasteiger partial charge on any atom is 0.306 e. The Labute approximate surface area is 132 Å². The second-order valence-corrected chi connectivity index (χ2v) is 6.39. The molecule has 0 radical (unpaired) electrons. The van der Waals surface area contributed by atoms with E-state index in [0.29, 0.717) is 11.6 Å².